The van der Waals surface area contributed by atoms with Crippen molar-refractivity contribution < 1.29 is 37.6 Å². The Morgan fingerprint density at radius 1 is 0.636 bits per heavy atom. The zero-order valence-electron chi connectivity index (χ0n) is 18.4. The van der Waals surface area contributed by atoms with Gasteiger partial charge in [0.2, 0.25) is 0 Å². The zero-order chi connectivity index (χ0) is 24.2. The smallest absolute Gasteiger partial charge is 0.378 e. The van der Waals surface area contributed by atoms with Crippen LogP contribution in [0.2, 0.25) is 0 Å². The van der Waals surface area contributed by atoms with E-state index in [0.717, 1.165) is 11.1 Å². The number of carbonyl (C=O) groups is 2. The van der Waals surface area contributed by atoms with Gasteiger partial charge in [-0.2, -0.15) is 0 Å². The monoisotopic (exact) mass is 496 g/mol. The molecule has 0 aromatic heterocycles. The van der Waals surface area contributed by atoms with Crippen molar-refractivity contribution in [2.45, 2.75) is 44.9 Å². The molecule has 0 radical (unpaired) electrons. The lowest BCUT2D eigenvalue weighted by Crippen LogP contribution is -2.08. The quantitative estimate of drug-likeness (QED) is 0.354. The van der Waals surface area contributed by atoms with Crippen molar-refractivity contribution in [2.24, 2.45) is 0 Å². The molecule has 2 aromatic carbocycles. The van der Waals surface area contributed by atoms with Crippen molar-refractivity contribution in [3.8, 4) is 0 Å². The summed E-state index contributed by atoms with van der Waals surface area (Å²) in [4.78, 5) is 43.3. The third-order valence-corrected chi connectivity index (χ3v) is 7.49. The summed E-state index contributed by atoms with van der Waals surface area (Å²) in [6.07, 6.45) is 1.04. The molecule has 8 nitrogen and oxygen atoms in total. The van der Waals surface area contributed by atoms with E-state index < -0.39 is 27.1 Å². The van der Waals surface area contributed by atoms with Crippen molar-refractivity contribution in [3.63, 3.8) is 0 Å². The lowest BCUT2D eigenvalue weighted by atomic mass is 10.1. The summed E-state index contributed by atoms with van der Waals surface area (Å²) in [5.74, 6) is -1.80. The van der Waals surface area contributed by atoms with Crippen LogP contribution < -0.4 is 0 Å². The Labute approximate surface area is 194 Å². The minimum atomic E-state index is -4.07. The van der Waals surface area contributed by atoms with Crippen LogP contribution in [0.4, 0.5) is 0 Å². The van der Waals surface area contributed by atoms with Gasteiger partial charge in [-0.15, -0.1) is 0 Å². The van der Waals surface area contributed by atoms with Crippen LogP contribution in [0.1, 0.15) is 43.2 Å². The van der Waals surface area contributed by atoms with Gasteiger partial charge in [-0.3, -0.25) is 9.59 Å². The van der Waals surface area contributed by atoms with Gasteiger partial charge < -0.3 is 18.8 Å². The highest BCUT2D eigenvalue weighted by atomic mass is 31.2. The number of rotatable bonds is 14. The molecule has 0 spiro atoms. The third kappa shape index (κ3) is 12.0. The normalized spacial score (nSPS) is 14.6. The van der Waals surface area contributed by atoms with Crippen LogP contribution >= 0.6 is 15.2 Å². The van der Waals surface area contributed by atoms with Crippen LogP contribution in [0, 0.1) is 0 Å². The van der Waals surface area contributed by atoms with E-state index in [9.17, 15) is 28.5 Å². The average molecular weight is 496 g/mol. The summed E-state index contributed by atoms with van der Waals surface area (Å²) >= 11 is 0. The minimum Gasteiger partial charge on any atom is -0.392 e. The van der Waals surface area contributed by atoms with Crippen molar-refractivity contribution in [1.29, 1.82) is 0 Å². The molecule has 2 aromatic rings. The van der Waals surface area contributed by atoms with E-state index >= 15 is 0 Å². The second kappa shape index (κ2) is 13.5. The van der Waals surface area contributed by atoms with Crippen molar-refractivity contribution in [2.75, 3.05) is 12.3 Å². The average Bonchev–Trinajstić information content (AvgIpc) is 2.74. The van der Waals surface area contributed by atoms with E-state index in [2.05, 4.69) is 9.05 Å². The number of hydrogen-bond acceptors (Lipinski definition) is 6. The zero-order valence-corrected chi connectivity index (χ0v) is 20.2. The Bertz CT molecular complexity index is 899. The molecule has 0 heterocycles. The maximum Gasteiger partial charge on any atom is 0.378 e. The second-order valence-corrected chi connectivity index (χ2v) is 11.5. The second-order valence-electron chi connectivity index (χ2n) is 7.68. The first kappa shape index (κ1) is 27.0. The standard InChI is InChI=1S/C23H30O8P2/c24-22(30-32(26,27)18-8-14-20-10-3-1-4-11-20)16-7-17-23(25)31-33(28,29)19-9-15-21-12-5-2-6-13-21/h1-6,10-13H,7-9,14-19H2,(H,26,27)(H,28,29). The van der Waals surface area contributed by atoms with Gasteiger partial charge in [0.25, 0.3) is 0 Å². The fourth-order valence-corrected chi connectivity index (χ4v) is 5.25. The van der Waals surface area contributed by atoms with Crippen LogP contribution in [-0.2, 0) is 40.6 Å². The molecule has 2 atom stereocenters. The molecule has 0 saturated heterocycles. The SMILES string of the molecule is O=C(CCCC(=O)OP(=O)(O)CCCc1ccccc1)OP(=O)(O)CCCc1ccccc1. The molecule has 0 fully saturated rings. The number of benzene rings is 2. The molecule has 2 unspecified atom stereocenters. The predicted octanol–water partition coefficient (Wildman–Crippen LogP) is 4.88. The van der Waals surface area contributed by atoms with Gasteiger partial charge in [0.1, 0.15) is 0 Å². The Balaban J connectivity index is 1.61. The molecule has 2 N–H and O–H groups in total. The van der Waals surface area contributed by atoms with Crippen molar-refractivity contribution in [1.82, 2.24) is 0 Å². The molecule has 33 heavy (non-hydrogen) atoms. The van der Waals surface area contributed by atoms with Gasteiger partial charge >= 0.3 is 27.1 Å². The first-order chi connectivity index (χ1) is 15.7. The van der Waals surface area contributed by atoms with Gasteiger partial charge in [-0.25, -0.2) is 9.13 Å². The van der Waals surface area contributed by atoms with E-state index in [-0.39, 0.29) is 31.6 Å². The van der Waals surface area contributed by atoms with E-state index in [0.29, 0.717) is 25.7 Å². The first-order valence-electron chi connectivity index (χ1n) is 10.8. The highest BCUT2D eigenvalue weighted by Gasteiger charge is 2.25. The summed E-state index contributed by atoms with van der Waals surface area (Å²) in [6, 6.07) is 18.9. The van der Waals surface area contributed by atoms with Gasteiger partial charge in [0.05, 0.1) is 12.3 Å². The molecule has 0 aliphatic carbocycles. The summed E-state index contributed by atoms with van der Waals surface area (Å²) in [6.45, 7) is 0. The molecular weight excluding hydrogens is 466 g/mol. The summed E-state index contributed by atoms with van der Waals surface area (Å²) in [7, 11) is -8.14. The maximum atomic E-state index is 12.1. The number of hydrogen-bond donors (Lipinski definition) is 2. The predicted molar refractivity (Wildman–Crippen MR) is 125 cm³/mol. The summed E-state index contributed by atoms with van der Waals surface area (Å²) < 4.78 is 33.4. The lowest BCUT2D eigenvalue weighted by molar-refractivity contribution is -0.136. The fraction of sp³-hybridized carbons (Fsp3) is 0.391. The van der Waals surface area contributed by atoms with Crippen LogP contribution in [-0.4, -0.2) is 34.0 Å². The van der Waals surface area contributed by atoms with E-state index in [1.807, 2.05) is 60.7 Å². The Morgan fingerprint density at radius 2 is 1.00 bits per heavy atom. The molecule has 0 bridgehead atoms. The van der Waals surface area contributed by atoms with Crippen molar-refractivity contribution >= 4 is 27.1 Å². The van der Waals surface area contributed by atoms with E-state index in [1.54, 1.807) is 0 Å². The van der Waals surface area contributed by atoms with E-state index in [4.69, 9.17) is 0 Å². The fourth-order valence-electron chi connectivity index (χ4n) is 3.13. The maximum absolute atomic E-state index is 12.1. The number of carbonyl (C=O) groups excluding carboxylic acids is 2. The molecule has 0 amide bonds. The highest BCUT2D eigenvalue weighted by Crippen LogP contribution is 2.44. The molecule has 180 valence electrons. The Kier molecular flexibility index (Phi) is 11.0. The number of aryl methyl sites for hydroxylation is 2. The molecule has 0 aliphatic heterocycles. The highest BCUT2D eigenvalue weighted by molar-refractivity contribution is 7.53. The molecule has 10 heteroatoms. The molecule has 0 aliphatic rings. The largest absolute Gasteiger partial charge is 0.392 e. The summed E-state index contributed by atoms with van der Waals surface area (Å²) in [5.41, 5.74) is 2.03. The molecule has 0 saturated carbocycles. The Hall–Kier alpha value is -2.24. The van der Waals surface area contributed by atoms with Gasteiger partial charge in [-0.05, 0) is 43.2 Å². The van der Waals surface area contributed by atoms with Crippen LogP contribution in [0.5, 0.6) is 0 Å². The lowest BCUT2D eigenvalue weighted by Gasteiger charge is -2.13. The minimum absolute atomic E-state index is 0.0221. The van der Waals surface area contributed by atoms with Gasteiger partial charge in [0, 0.05) is 12.8 Å². The van der Waals surface area contributed by atoms with Crippen LogP contribution in [0.15, 0.2) is 60.7 Å². The summed E-state index contributed by atoms with van der Waals surface area (Å²) in [5, 5.41) is 0. The molecule has 2 rings (SSSR count). The first-order valence-corrected chi connectivity index (χ1v) is 14.3. The Morgan fingerprint density at radius 3 is 1.36 bits per heavy atom. The van der Waals surface area contributed by atoms with Gasteiger partial charge in [-0.1, -0.05) is 60.7 Å². The van der Waals surface area contributed by atoms with Crippen LogP contribution in [0.3, 0.4) is 0 Å². The molecular formula is C23H30O8P2. The van der Waals surface area contributed by atoms with Crippen molar-refractivity contribution in [3.05, 3.63) is 71.8 Å². The third-order valence-electron chi connectivity index (χ3n) is 4.75. The topological polar surface area (TPSA) is 127 Å². The van der Waals surface area contributed by atoms with Gasteiger partial charge in [0.15, 0.2) is 0 Å². The van der Waals surface area contributed by atoms with E-state index in [1.165, 1.54) is 0 Å². The van der Waals surface area contributed by atoms with Crippen LogP contribution in [0.25, 0.3) is 0 Å².